The van der Waals surface area contributed by atoms with Crippen molar-refractivity contribution in [2.24, 2.45) is 0 Å². The minimum atomic E-state index is -1.08. The minimum Gasteiger partial charge on any atom is -0.478 e. The Kier molecular flexibility index (Phi) is 4.04. The number of amides is 1. The molecule has 2 N–H and O–H groups in total. The molecule has 1 amide bonds. The van der Waals surface area contributed by atoms with E-state index in [2.05, 4.69) is 15.3 Å². The van der Waals surface area contributed by atoms with E-state index < -0.39 is 5.97 Å². The number of benzene rings is 1. The molecular weight excluding hydrogens is 344 g/mol. The molecule has 2 aromatic heterocycles. The molecule has 0 saturated carbocycles. The predicted octanol–water partition coefficient (Wildman–Crippen LogP) is 3.15. The average molecular weight is 360 g/mol. The van der Waals surface area contributed by atoms with Gasteiger partial charge >= 0.3 is 5.97 Å². The van der Waals surface area contributed by atoms with Crippen molar-refractivity contribution in [2.75, 3.05) is 16.8 Å². The summed E-state index contributed by atoms with van der Waals surface area (Å²) in [6, 6.07) is 11.0. The Morgan fingerprint density at radius 3 is 2.89 bits per heavy atom. The Hall–Kier alpha value is -3.74. The molecule has 0 fully saturated rings. The van der Waals surface area contributed by atoms with Gasteiger partial charge in [-0.1, -0.05) is 6.07 Å². The molecule has 4 rings (SSSR count). The van der Waals surface area contributed by atoms with Gasteiger partial charge in [-0.05, 0) is 37.3 Å². The molecule has 0 saturated heterocycles. The number of carbonyl (C=O) groups excluding carboxylic acids is 1. The number of hydrogen-bond donors (Lipinski definition) is 2. The topological polar surface area (TPSA) is 95.4 Å². The SMILES string of the molecule is CCN1C(=O)C(=CNc2ccc3ncccc3c2)c2cc(C(=O)O)cnc21. The van der Waals surface area contributed by atoms with Crippen molar-refractivity contribution >= 4 is 39.9 Å². The Morgan fingerprint density at radius 2 is 2.11 bits per heavy atom. The molecule has 0 radical (unpaired) electrons. The van der Waals surface area contributed by atoms with E-state index in [1.807, 2.05) is 37.3 Å². The Labute approximate surface area is 155 Å². The number of aromatic nitrogens is 2. The van der Waals surface area contributed by atoms with Crippen LogP contribution in [-0.2, 0) is 4.79 Å². The highest BCUT2D eigenvalue weighted by Crippen LogP contribution is 2.35. The van der Waals surface area contributed by atoms with E-state index in [1.54, 1.807) is 12.4 Å². The van der Waals surface area contributed by atoms with Gasteiger partial charge in [-0.15, -0.1) is 0 Å². The number of nitrogens with zero attached hydrogens (tertiary/aromatic N) is 3. The van der Waals surface area contributed by atoms with Crippen molar-refractivity contribution in [1.82, 2.24) is 9.97 Å². The Balaban J connectivity index is 1.72. The number of carbonyl (C=O) groups is 2. The fraction of sp³-hybridized carbons (Fsp3) is 0.100. The number of hydrogen-bond acceptors (Lipinski definition) is 5. The summed E-state index contributed by atoms with van der Waals surface area (Å²) in [4.78, 5) is 34.0. The van der Waals surface area contributed by atoms with Crippen LogP contribution in [0.4, 0.5) is 11.5 Å². The number of likely N-dealkylation sites (N-methyl/N-ethyl adjacent to an activating group) is 1. The highest BCUT2D eigenvalue weighted by Gasteiger charge is 2.33. The van der Waals surface area contributed by atoms with E-state index in [0.717, 1.165) is 16.6 Å². The first-order valence-corrected chi connectivity index (χ1v) is 8.45. The lowest BCUT2D eigenvalue weighted by atomic mass is 10.1. The molecule has 0 aliphatic carbocycles. The van der Waals surface area contributed by atoms with Crippen molar-refractivity contribution in [2.45, 2.75) is 6.92 Å². The molecule has 1 aromatic carbocycles. The van der Waals surface area contributed by atoms with Crippen LogP contribution in [0.15, 0.2) is 55.0 Å². The largest absolute Gasteiger partial charge is 0.478 e. The zero-order valence-corrected chi connectivity index (χ0v) is 14.5. The number of aromatic carboxylic acids is 1. The normalized spacial score (nSPS) is 14.6. The summed E-state index contributed by atoms with van der Waals surface area (Å²) in [5.41, 5.74) is 2.62. The number of carboxylic acid groups (broad SMARTS) is 1. The van der Waals surface area contributed by atoms with Crippen LogP contribution in [0.1, 0.15) is 22.8 Å². The average Bonchev–Trinajstić information content (AvgIpc) is 2.96. The standard InChI is InChI=1S/C20H16N4O3/c1-2-24-18-15(9-13(10-23-18)20(26)27)16(19(24)25)11-22-14-5-6-17-12(8-14)4-3-7-21-17/h3-11,22H,2H2,1H3,(H,26,27). The quantitative estimate of drug-likeness (QED) is 0.694. The van der Waals surface area contributed by atoms with Crippen LogP contribution >= 0.6 is 0 Å². The molecule has 7 nitrogen and oxygen atoms in total. The fourth-order valence-electron chi connectivity index (χ4n) is 3.10. The molecule has 0 atom stereocenters. The monoisotopic (exact) mass is 360 g/mol. The minimum absolute atomic E-state index is 0.0437. The molecule has 1 aliphatic heterocycles. The number of nitrogens with one attached hydrogen (secondary N) is 1. The number of anilines is 2. The third-order valence-electron chi connectivity index (χ3n) is 4.44. The lowest BCUT2D eigenvalue weighted by molar-refractivity contribution is -0.113. The maximum atomic E-state index is 12.7. The van der Waals surface area contributed by atoms with E-state index in [4.69, 9.17) is 0 Å². The highest BCUT2D eigenvalue weighted by atomic mass is 16.4. The number of fused-ring (bicyclic) bond motifs is 2. The fourth-order valence-corrected chi connectivity index (χ4v) is 3.10. The molecule has 7 heteroatoms. The van der Waals surface area contributed by atoms with Crippen molar-refractivity contribution in [1.29, 1.82) is 0 Å². The van der Waals surface area contributed by atoms with Gasteiger partial charge in [0.25, 0.3) is 5.91 Å². The van der Waals surface area contributed by atoms with Crippen LogP contribution in [0.5, 0.6) is 0 Å². The molecule has 0 unspecified atom stereocenters. The van der Waals surface area contributed by atoms with Crippen LogP contribution in [0.2, 0.25) is 0 Å². The first kappa shape index (κ1) is 16.7. The van der Waals surface area contributed by atoms with Gasteiger partial charge < -0.3 is 10.4 Å². The van der Waals surface area contributed by atoms with Gasteiger partial charge in [0.2, 0.25) is 0 Å². The summed E-state index contributed by atoms with van der Waals surface area (Å²) in [6.07, 6.45) is 4.60. The predicted molar refractivity (Wildman–Crippen MR) is 103 cm³/mol. The van der Waals surface area contributed by atoms with Crippen LogP contribution in [0.25, 0.3) is 16.5 Å². The highest BCUT2D eigenvalue weighted by molar-refractivity contribution is 6.32. The van der Waals surface area contributed by atoms with Crippen molar-refractivity contribution < 1.29 is 14.7 Å². The summed E-state index contributed by atoms with van der Waals surface area (Å²) in [5.74, 6) is -0.817. The van der Waals surface area contributed by atoms with Gasteiger partial charge in [0.15, 0.2) is 0 Å². The first-order valence-electron chi connectivity index (χ1n) is 8.45. The van der Waals surface area contributed by atoms with Gasteiger partial charge in [0.05, 0.1) is 16.7 Å². The molecule has 3 aromatic rings. The van der Waals surface area contributed by atoms with Crippen LogP contribution < -0.4 is 10.2 Å². The Bertz CT molecular complexity index is 1110. The van der Waals surface area contributed by atoms with Gasteiger partial charge in [-0.2, -0.15) is 0 Å². The molecule has 134 valence electrons. The van der Waals surface area contributed by atoms with Crippen LogP contribution in [-0.4, -0.2) is 33.5 Å². The second kappa shape index (κ2) is 6.53. The second-order valence-corrected chi connectivity index (χ2v) is 6.06. The van der Waals surface area contributed by atoms with Crippen LogP contribution in [0, 0.1) is 0 Å². The number of pyridine rings is 2. The molecule has 0 bridgehead atoms. The number of rotatable bonds is 4. The molecule has 27 heavy (non-hydrogen) atoms. The maximum Gasteiger partial charge on any atom is 0.337 e. The summed E-state index contributed by atoms with van der Waals surface area (Å²) < 4.78 is 0. The molecule has 0 spiro atoms. The van der Waals surface area contributed by atoms with Gasteiger partial charge in [-0.3, -0.25) is 14.7 Å². The first-order chi connectivity index (χ1) is 13.1. The van der Waals surface area contributed by atoms with Crippen molar-refractivity contribution in [3.05, 3.63) is 66.1 Å². The molecular formula is C20H16N4O3. The van der Waals surface area contributed by atoms with Gasteiger partial charge in [-0.25, -0.2) is 9.78 Å². The van der Waals surface area contributed by atoms with Crippen molar-refractivity contribution in [3.8, 4) is 0 Å². The van der Waals surface area contributed by atoms with Gasteiger partial charge in [0.1, 0.15) is 5.82 Å². The summed E-state index contributed by atoms with van der Waals surface area (Å²) >= 11 is 0. The molecule has 3 heterocycles. The zero-order chi connectivity index (χ0) is 19.0. The third kappa shape index (κ3) is 2.89. The summed E-state index contributed by atoms with van der Waals surface area (Å²) in [5, 5.41) is 13.3. The van der Waals surface area contributed by atoms with E-state index in [9.17, 15) is 14.7 Å². The van der Waals surface area contributed by atoms with E-state index >= 15 is 0 Å². The Morgan fingerprint density at radius 1 is 1.26 bits per heavy atom. The lowest BCUT2D eigenvalue weighted by Gasteiger charge is -2.12. The summed E-state index contributed by atoms with van der Waals surface area (Å²) in [6.45, 7) is 2.30. The smallest absolute Gasteiger partial charge is 0.337 e. The lowest BCUT2D eigenvalue weighted by Crippen LogP contribution is -2.26. The zero-order valence-electron chi connectivity index (χ0n) is 14.5. The second-order valence-electron chi connectivity index (χ2n) is 6.06. The van der Waals surface area contributed by atoms with Crippen molar-refractivity contribution in [3.63, 3.8) is 0 Å². The van der Waals surface area contributed by atoms with E-state index in [0.29, 0.717) is 23.5 Å². The number of carboxylic acids is 1. The van der Waals surface area contributed by atoms with Crippen LogP contribution in [0.3, 0.4) is 0 Å². The van der Waals surface area contributed by atoms with E-state index in [1.165, 1.54) is 17.2 Å². The third-order valence-corrected chi connectivity index (χ3v) is 4.44. The van der Waals surface area contributed by atoms with E-state index in [-0.39, 0.29) is 11.5 Å². The van der Waals surface area contributed by atoms with Gasteiger partial charge in [0, 0.05) is 41.8 Å². The summed E-state index contributed by atoms with van der Waals surface area (Å²) in [7, 11) is 0. The molecule has 1 aliphatic rings. The maximum absolute atomic E-state index is 12.7.